The van der Waals surface area contributed by atoms with E-state index in [1.165, 1.54) is 48.5 Å². The van der Waals surface area contributed by atoms with Gasteiger partial charge in [0, 0.05) is 11.1 Å². The zero-order valence-electron chi connectivity index (χ0n) is 30.1. The van der Waals surface area contributed by atoms with Gasteiger partial charge in [0.1, 0.15) is 25.0 Å². The minimum absolute atomic E-state index is 0.0680. The molecule has 0 radical (unpaired) electrons. The Hall–Kier alpha value is -6.38. The molecule has 0 aliphatic rings. The average molecular weight is 741 g/mol. The summed E-state index contributed by atoms with van der Waals surface area (Å²) in [6.45, 7) is 6.46. The van der Waals surface area contributed by atoms with Gasteiger partial charge in [0.05, 0.1) is 47.6 Å². The number of carbonyl (C=O) groups is 6. The summed E-state index contributed by atoms with van der Waals surface area (Å²) in [4.78, 5) is 87.2. The first-order chi connectivity index (χ1) is 26.0. The Labute approximate surface area is 311 Å². The van der Waals surface area contributed by atoms with E-state index in [1.54, 1.807) is 76.2 Å². The van der Waals surface area contributed by atoms with E-state index in [9.17, 15) is 28.8 Å². The van der Waals surface area contributed by atoms with Crippen LogP contribution in [-0.2, 0) is 28.8 Å². The predicted molar refractivity (Wildman–Crippen MR) is 193 cm³/mol. The number of hydrogen-bond acceptors (Lipinski definition) is 14. The highest BCUT2D eigenvalue weighted by molar-refractivity contribution is 6.17. The molecule has 2 N–H and O–H groups in total. The molecule has 4 aromatic rings. The highest BCUT2D eigenvalue weighted by Gasteiger charge is 2.26. The Morgan fingerprint density at radius 1 is 0.463 bits per heavy atom. The first-order valence-corrected chi connectivity index (χ1v) is 16.9. The Morgan fingerprint density at radius 3 is 1.13 bits per heavy atom. The number of benzene rings is 4. The first kappa shape index (κ1) is 40.4. The number of nitrogens with one attached hydrogen (secondary N) is 2. The van der Waals surface area contributed by atoms with Crippen molar-refractivity contribution in [1.29, 1.82) is 0 Å². The van der Waals surface area contributed by atoms with Gasteiger partial charge in [-0.15, -0.1) is 0 Å². The number of ketones is 2. The van der Waals surface area contributed by atoms with Crippen molar-refractivity contribution in [3.8, 4) is 11.5 Å². The smallest absolute Gasteiger partial charge is 0.387 e. The molecule has 0 unspecified atom stereocenters. The van der Waals surface area contributed by atoms with Crippen molar-refractivity contribution in [2.75, 3.05) is 26.6 Å². The van der Waals surface area contributed by atoms with E-state index in [4.69, 9.17) is 28.7 Å². The average Bonchev–Trinajstić information content (AvgIpc) is 3.16. The fourth-order valence-corrected chi connectivity index (χ4v) is 4.91. The van der Waals surface area contributed by atoms with Crippen molar-refractivity contribution in [3.05, 3.63) is 130 Å². The third kappa shape index (κ3) is 11.6. The Bertz CT molecular complexity index is 1830. The van der Waals surface area contributed by atoms with Crippen molar-refractivity contribution < 1.29 is 57.5 Å². The van der Waals surface area contributed by atoms with Gasteiger partial charge in [-0.05, 0) is 64.1 Å². The fourth-order valence-electron chi connectivity index (χ4n) is 4.91. The summed E-state index contributed by atoms with van der Waals surface area (Å²) in [5.74, 6) is -4.06. The molecule has 0 aliphatic heterocycles. The topological polar surface area (TPSA) is 182 Å². The largest absolute Gasteiger partial charge is 0.478 e. The molecule has 4 rings (SSSR count). The lowest BCUT2D eigenvalue weighted by Crippen LogP contribution is -2.29. The summed E-state index contributed by atoms with van der Waals surface area (Å²) in [5.41, 5.74) is -0.324. The van der Waals surface area contributed by atoms with Crippen LogP contribution >= 0.6 is 0 Å². The third-order valence-electron chi connectivity index (χ3n) is 7.17. The van der Waals surface area contributed by atoms with Crippen LogP contribution in [0, 0.1) is 0 Å². The molecule has 0 bridgehead atoms. The highest BCUT2D eigenvalue weighted by atomic mass is 17.2. The Morgan fingerprint density at radius 2 is 0.778 bits per heavy atom. The second kappa shape index (κ2) is 20.0. The predicted octanol–water partition coefficient (Wildman–Crippen LogP) is 4.83. The van der Waals surface area contributed by atoms with E-state index >= 15 is 0 Å². The molecular weight excluding hydrogens is 700 g/mol. The number of carbonyl (C=O) groups excluding carboxylic acids is 6. The van der Waals surface area contributed by atoms with E-state index in [0.29, 0.717) is 0 Å². The number of para-hydroxylation sites is 2. The van der Waals surface area contributed by atoms with Crippen molar-refractivity contribution in [1.82, 2.24) is 10.6 Å². The van der Waals surface area contributed by atoms with E-state index in [1.807, 2.05) is 0 Å². The molecule has 54 heavy (non-hydrogen) atoms. The highest BCUT2D eigenvalue weighted by Crippen LogP contribution is 2.26. The van der Waals surface area contributed by atoms with Crippen LogP contribution in [0.5, 0.6) is 11.5 Å². The van der Waals surface area contributed by atoms with Gasteiger partial charge in [-0.2, -0.15) is 0 Å². The molecule has 14 nitrogen and oxygen atoms in total. The van der Waals surface area contributed by atoms with Gasteiger partial charge in [0.25, 0.3) is 0 Å². The zero-order valence-corrected chi connectivity index (χ0v) is 30.1. The van der Waals surface area contributed by atoms with Crippen LogP contribution < -0.4 is 20.1 Å². The monoisotopic (exact) mass is 740 g/mol. The van der Waals surface area contributed by atoms with Crippen LogP contribution in [0.25, 0.3) is 0 Å². The maximum Gasteiger partial charge on any atom is 0.387 e. The molecular formula is C40H40N2O12. The SMILES string of the molecule is CC(C)OC(=O)CNCOc1ccccc1C(=O)c1ccccc1C(=O)OOC(=O)c1ccccc1C(=O)c1ccccc1OCNCC(=O)OC(C)C. The van der Waals surface area contributed by atoms with Crippen LogP contribution in [0.15, 0.2) is 97.1 Å². The maximum absolute atomic E-state index is 13.7. The molecule has 0 aliphatic carbocycles. The molecule has 0 saturated carbocycles. The van der Waals surface area contributed by atoms with Gasteiger partial charge >= 0.3 is 23.9 Å². The van der Waals surface area contributed by atoms with Gasteiger partial charge in [-0.1, -0.05) is 60.7 Å². The Balaban J connectivity index is 1.42. The number of rotatable bonds is 18. The molecule has 0 spiro atoms. The lowest BCUT2D eigenvalue weighted by Gasteiger charge is -2.14. The van der Waals surface area contributed by atoms with Gasteiger partial charge in [0.15, 0.2) is 11.6 Å². The van der Waals surface area contributed by atoms with Crippen molar-refractivity contribution >= 4 is 35.4 Å². The molecule has 14 heteroatoms. The normalized spacial score (nSPS) is 10.7. The lowest BCUT2D eigenvalue weighted by molar-refractivity contribution is -0.187. The molecule has 0 heterocycles. The molecule has 0 aromatic heterocycles. The summed E-state index contributed by atoms with van der Waals surface area (Å²) in [5, 5.41) is 5.56. The lowest BCUT2D eigenvalue weighted by atomic mass is 9.97. The fraction of sp³-hybridized carbons (Fsp3) is 0.250. The molecule has 282 valence electrons. The Kier molecular flexibility index (Phi) is 15.0. The van der Waals surface area contributed by atoms with Crippen LogP contribution in [0.3, 0.4) is 0 Å². The standard InChI is InChI=1S/C40H40N2O12/c1-25(2)51-35(43)21-41-23-49-33-19-11-9-17-31(33)37(45)27-13-5-7-15-29(27)39(47)53-54-40(48)30-16-8-6-14-28(30)38(46)32-18-10-12-20-34(32)50-24-42-22-36(44)52-26(3)4/h5-20,25-26,41-42H,21-24H2,1-4H3. The summed E-state index contributed by atoms with van der Waals surface area (Å²) < 4.78 is 21.5. The molecule has 0 fully saturated rings. The van der Waals surface area contributed by atoms with Crippen LogP contribution in [0.1, 0.15) is 80.3 Å². The second-order valence-electron chi connectivity index (χ2n) is 12.0. The quantitative estimate of drug-likeness (QED) is 0.0353. The summed E-state index contributed by atoms with van der Waals surface area (Å²) >= 11 is 0. The minimum Gasteiger partial charge on any atom is -0.478 e. The number of esters is 2. The molecule has 0 saturated heterocycles. The first-order valence-electron chi connectivity index (χ1n) is 16.9. The van der Waals surface area contributed by atoms with E-state index in [-0.39, 0.29) is 83.6 Å². The van der Waals surface area contributed by atoms with E-state index in [2.05, 4.69) is 10.6 Å². The van der Waals surface area contributed by atoms with E-state index < -0.39 is 35.4 Å². The summed E-state index contributed by atoms with van der Waals surface area (Å²) in [6, 6.07) is 24.2. The molecule has 0 atom stereocenters. The number of ether oxygens (including phenoxy) is 4. The van der Waals surface area contributed by atoms with Gasteiger partial charge in [-0.3, -0.25) is 29.8 Å². The molecule has 0 amide bonds. The van der Waals surface area contributed by atoms with E-state index in [0.717, 1.165) is 0 Å². The van der Waals surface area contributed by atoms with Crippen molar-refractivity contribution in [3.63, 3.8) is 0 Å². The number of hydrogen-bond donors (Lipinski definition) is 2. The van der Waals surface area contributed by atoms with Crippen LogP contribution in [0.2, 0.25) is 0 Å². The van der Waals surface area contributed by atoms with Gasteiger partial charge in [-0.25, -0.2) is 19.4 Å². The van der Waals surface area contributed by atoms with Crippen LogP contribution in [-0.4, -0.2) is 74.2 Å². The minimum atomic E-state index is -1.15. The third-order valence-corrected chi connectivity index (χ3v) is 7.17. The van der Waals surface area contributed by atoms with Gasteiger partial charge < -0.3 is 18.9 Å². The van der Waals surface area contributed by atoms with Crippen molar-refractivity contribution in [2.45, 2.75) is 39.9 Å². The second-order valence-corrected chi connectivity index (χ2v) is 12.0. The maximum atomic E-state index is 13.7. The summed E-state index contributed by atoms with van der Waals surface area (Å²) in [6.07, 6.45) is -0.541. The van der Waals surface area contributed by atoms with Crippen LogP contribution in [0.4, 0.5) is 0 Å². The summed E-state index contributed by atoms with van der Waals surface area (Å²) in [7, 11) is 0. The van der Waals surface area contributed by atoms with Gasteiger partial charge in [0.2, 0.25) is 0 Å². The zero-order chi connectivity index (χ0) is 39.0. The molecule has 4 aromatic carbocycles. The van der Waals surface area contributed by atoms with Crippen molar-refractivity contribution in [2.24, 2.45) is 0 Å².